The van der Waals surface area contributed by atoms with Crippen LogP contribution in [-0.4, -0.2) is 41.6 Å². The lowest BCUT2D eigenvalue weighted by Gasteiger charge is -2.37. The summed E-state index contributed by atoms with van der Waals surface area (Å²) in [5.41, 5.74) is 0.896. The molecule has 1 aliphatic carbocycles. The van der Waals surface area contributed by atoms with Crippen LogP contribution in [0.1, 0.15) is 32.0 Å². The maximum atomic E-state index is 12.3. The zero-order valence-electron chi connectivity index (χ0n) is 12.6. The highest BCUT2D eigenvalue weighted by Crippen LogP contribution is 2.44. The second-order valence-corrected chi connectivity index (χ2v) is 5.68. The summed E-state index contributed by atoms with van der Waals surface area (Å²) in [7, 11) is 3.88. The number of pyridine rings is 1. The van der Waals surface area contributed by atoms with Gasteiger partial charge in [0.2, 0.25) is 0 Å². The zero-order chi connectivity index (χ0) is 15.0. The van der Waals surface area contributed by atoms with E-state index in [1.54, 1.807) is 0 Å². The standard InChI is InChI=1S/C15H20N4O2/c1-4-21-14(20)15(8-5-9-15)13-16-10-6-7-11(19(2)3)17-12(10)18-13/h6-7H,4-5,8-9H2,1-3H3,(H,16,17,18). The summed E-state index contributed by atoms with van der Waals surface area (Å²) in [5.74, 6) is 1.35. The van der Waals surface area contributed by atoms with Crippen molar-refractivity contribution < 1.29 is 9.53 Å². The van der Waals surface area contributed by atoms with Crippen molar-refractivity contribution in [2.45, 2.75) is 31.6 Å². The van der Waals surface area contributed by atoms with Gasteiger partial charge in [-0.3, -0.25) is 4.79 Å². The van der Waals surface area contributed by atoms with Crippen LogP contribution in [0.15, 0.2) is 12.1 Å². The molecule has 1 fully saturated rings. The number of aromatic nitrogens is 3. The average Bonchev–Trinajstić information content (AvgIpc) is 2.80. The Bertz CT molecular complexity index is 673. The second-order valence-electron chi connectivity index (χ2n) is 5.68. The normalized spacial score (nSPS) is 16.5. The molecule has 0 atom stereocenters. The number of H-pyrrole nitrogens is 1. The smallest absolute Gasteiger partial charge is 0.319 e. The summed E-state index contributed by atoms with van der Waals surface area (Å²) >= 11 is 0. The number of nitrogens with zero attached hydrogens (tertiary/aromatic N) is 3. The largest absolute Gasteiger partial charge is 0.465 e. The van der Waals surface area contributed by atoms with Crippen LogP contribution in [0.5, 0.6) is 0 Å². The van der Waals surface area contributed by atoms with Crippen LogP contribution in [0.4, 0.5) is 5.82 Å². The third-order valence-electron chi connectivity index (χ3n) is 4.12. The molecule has 21 heavy (non-hydrogen) atoms. The van der Waals surface area contributed by atoms with Crippen molar-refractivity contribution in [2.75, 3.05) is 25.6 Å². The SMILES string of the molecule is CCOC(=O)C1(c2nc3nc(N(C)C)ccc3[nH]2)CCC1. The lowest BCUT2D eigenvalue weighted by molar-refractivity contribution is -0.154. The summed E-state index contributed by atoms with van der Waals surface area (Å²) in [5, 5.41) is 0. The Balaban J connectivity index is 2.01. The molecular weight excluding hydrogens is 268 g/mol. The first-order valence-corrected chi connectivity index (χ1v) is 7.28. The van der Waals surface area contributed by atoms with E-state index in [0.29, 0.717) is 18.1 Å². The number of rotatable bonds is 4. The van der Waals surface area contributed by atoms with Crippen LogP contribution in [0, 0.1) is 0 Å². The molecule has 2 aromatic heterocycles. The zero-order valence-corrected chi connectivity index (χ0v) is 12.6. The fourth-order valence-electron chi connectivity index (χ4n) is 2.70. The minimum absolute atomic E-state index is 0.178. The Hall–Kier alpha value is -2.11. The maximum Gasteiger partial charge on any atom is 0.319 e. The number of ether oxygens (including phenoxy) is 1. The highest BCUT2D eigenvalue weighted by molar-refractivity contribution is 5.85. The minimum Gasteiger partial charge on any atom is -0.465 e. The van der Waals surface area contributed by atoms with Gasteiger partial charge >= 0.3 is 5.97 Å². The molecule has 1 saturated carbocycles. The van der Waals surface area contributed by atoms with Gasteiger partial charge in [0, 0.05) is 14.1 Å². The molecule has 1 aliphatic rings. The van der Waals surface area contributed by atoms with Gasteiger partial charge in [-0.25, -0.2) is 9.97 Å². The van der Waals surface area contributed by atoms with Crippen LogP contribution in [-0.2, 0) is 14.9 Å². The second kappa shape index (κ2) is 5.02. The van der Waals surface area contributed by atoms with Crippen molar-refractivity contribution in [3.8, 4) is 0 Å². The molecule has 0 bridgehead atoms. The van der Waals surface area contributed by atoms with Gasteiger partial charge < -0.3 is 14.6 Å². The van der Waals surface area contributed by atoms with Crippen molar-refractivity contribution in [2.24, 2.45) is 0 Å². The Kier molecular flexibility index (Phi) is 3.31. The van der Waals surface area contributed by atoms with E-state index in [4.69, 9.17) is 4.74 Å². The molecule has 2 aromatic rings. The van der Waals surface area contributed by atoms with E-state index < -0.39 is 5.41 Å². The van der Waals surface area contributed by atoms with Crippen LogP contribution < -0.4 is 4.90 Å². The molecule has 3 rings (SSSR count). The summed E-state index contributed by atoms with van der Waals surface area (Å²) in [6.07, 6.45) is 2.59. The number of nitrogens with one attached hydrogen (secondary N) is 1. The van der Waals surface area contributed by atoms with Crippen LogP contribution in [0.2, 0.25) is 0 Å². The van der Waals surface area contributed by atoms with E-state index in [9.17, 15) is 4.79 Å². The van der Waals surface area contributed by atoms with Gasteiger partial charge in [0.1, 0.15) is 17.1 Å². The topological polar surface area (TPSA) is 71.1 Å². The van der Waals surface area contributed by atoms with Crippen molar-refractivity contribution in [1.82, 2.24) is 15.0 Å². The average molecular weight is 288 g/mol. The van der Waals surface area contributed by atoms with Gasteiger partial charge in [-0.15, -0.1) is 0 Å². The molecule has 0 saturated heterocycles. The number of fused-ring (bicyclic) bond motifs is 1. The van der Waals surface area contributed by atoms with Crippen molar-refractivity contribution in [3.63, 3.8) is 0 Å². The lowest BCUT2D eigenvalue weighted by atomic mass is 9.68. The van der Waals surface area contributed by atoms with Crippen LogP contribution >= 0.6 is 0 Å². The Morgan fingerprint density at radius 2 is 2.14 bits per heavy atom. The monoisotopic (exact) mass is 288 g/mol. The van der Waals surface area contributed by atoms with Crippen LogP contribution in [0.25, 0.3) is 11.2 Å². The van der Waals surface area contributed by atoms with Crippen molar-refractivity contribution >= 4 is 23.0 Å². The summed E-state index contributed by atoms with van der Waals surface area (Å²) in [6, 6.07) is 3.88. The molecule has 0 aliphatic heterocycles. The quantitative estimate of drug-likeness (QED) is 0.871. The van der Waals surface area contributed by atoms with Gasteiger partial charge in [0.25, 0.3) is 0 Å². The molecule has 1 N–H and O–H groups in total. The number of anilines is 1. The summed E-state index contributed by atoms with van der Waals surface area (Å²) < 4.78 is 5.23. The molecule has 112 valence electrons. The molecule has 2 heterocycles. The number of carbonyl (C=O) groups excluding carboxylic acids is 1. The van der Waals surface area contributed by atoms with Gasteiger partial charge in [0.05, 0.1) is 12.1 Å². The number of hydrogen-bond donors (Lipinski definition) is 1. The first kappa shape index (κ1) is 13.9. The Morgan fingerprint density at radius 3 is 2.71 bits per heavy atom. The third-order valence-corrected chi connectivity index (χ3v) is 4.12. The van der Waals surface area contributed by atoms with E-state index in [1.807, 2.05) is 38.1 Å². The van der Waals surface area contributed by atoms with E-state index in [-0.39, 0.29) is 5.97 Å². The molecule has 0 radical (unpaired) electrons. The number of imidazole rings is 1. The van der Waals surface area contributed by atoms with E-state index in [2.05, 4.69) is 15.0 Å². The number of esters is 1. The molecule has 0 aromatic carbocycles. The van der Waals surface area contributed by atoms with Crippen molar-refractivity contribution in [1.29, 1.82) is 0 Å². The fraction of sp³-hybridized carbons (Fsp3) is 0.533. The summed E-state index contributed by atoms with van der Waals surface area (Å²) in [6.45, 7) is 2.22. The molecule has 0 unspecified atom stereocenters. The van der Waals surface area contributed by atoms with Gasteiger partial charge in [-0.05, 0) is 31.9 Å². The van der Waals surface area contributed by atoms with Gasteiger partial charge in [-0.2, -0.15) is 0 Å². The minimum atomic E-state index is -0.602. The van der Waals surface area contributed by atoms with Gasteiger partial charge in [-0.1, -0.05) is 6.42 Å². The maximum absolute atomic E-state index is 12.3. The Morgan fingerprint density at radius 1 is 1.38 bits per heavy atom. The molecule has 0 spiro atoms. The number of carbonyl (C=O) groups is 1. The van der Waals surface area contributed by atoms with E-state index in [0.717, 1.165) is 30.6 Å². The molecule has 0 amide bonds. The van der Waals surface area contributed by atoms with Crippen LogP contribution in [0.3, 0.4) is 0 Å². The third kappa shape index (κ3) is 2.14. The number of hydrogen-bond acceptors (Lipinski definition) is 5. The first-order chi connectivity index (χ1) is 10.1. The Labute approximate surface area is 123 Å². The first-order valence-electron chi connectivity index (χ1n) is 7.28. The lowest BCUT2D eigenvalue weighted by Crippen LogP contribution is -2.44. The summed E-state index contributed by atoms with van der Waals surface area (Å²) in [4.78, 5) is 26.5. The van der Waals surface area contributed by atoms with E-state index in [1.165, 1.54) is 0 Å². The molecular formula is C15H20N4O2. The van der Waals surface area contributed by atoms with E-state index >= 15 is 0 Å². The predicted molar refractivity (Wildman–Crippen MR) is 80.4 cm³/mol. The predicted octanol–water partition coefficient (Wildman–Crippen LogP) is 2.01. The highest BCUT2D eigenvalue weighted by Gasteiger charge is 2.49. The van der Waals surface area contributed by atoms with Gasteiger partial charge in [0.15, 0.2) is 5.65 Å². The highest BCUT2D eigenvalue weighted by atomic mass is 16.5. The fourth-order valence-corrected chi connectivity index (χ4v) is 2.70. The molecule has 6 heteroatoms. The number of aromatic amines is 1. The van der Waals surface area contributed by atoms with Crippen molar-refractivity contribution in [3.05, 3.63) is 18.0 Å². The molecule has 6 nitrogen and oxygen atoms in total.